The lowest BCUT2D eigenvalue weighted by atomic mass is 10.0. The number of carbonyl (C=O) groups is 1. The average molecular weight is 366 g/mol. The summed E-state index contributed by atoms with van der Waals surface area (Å²) in [6, 6.07) is 1.37. The molecule has 0 radical (unpaired) electrons. The van der Waals surface area contributed by atoms with E-state index >= 15 is 0 Å². The standard InChI is InChI=1S/C17H27FN6O2/c1-19-14-11-24(10-6-13(14)18)16-20-7-3-15(21-16)22-17(25)26-12-4-8-23(2)9-5-12/h3,7,12-14,19H,4-6,8-11H2,1-2H3,(H,20,21,22,25)/t13-,14+/m1/s1. The van der Waals surface area contributed by atoms with Gasteiger partial charge in [-0.05, 0) is 39.4 Å². The molecule has 0 aliphatic carbocycles. The number of carbonyl (C=O) groups excluding carboxylic acids is 1. The molecule has 3 heterocycles. The number of alkyl halides is 1. The lowest BCUT2D eigenvalue weighted by Crippen LogP contribution is -2.51. The number of likely N-dealkylation sites (tertiary alicyclic amines) is 1. The molecular weight excluding hydrogens is 339 g/mol. The molecular formula is C17H27FN6O2. The third kappa shape index (κ3) is 4.79. The summed E-state index contributed by atoms with van der Waals surface area (Å²) in [4.78, 5) is 24.9. The average Bonchev–Trinajstić information content (AvgIpc) is 2.64. The summed E-state index contributed by atoms with van der Waals surface area (Å²) in [5.74, 6) is 0.866. The Morgan fingerprint density at radius 2 is 2.08 bits per heavy atom. The maximum absolute atomic E-state index is 13.8. The van der Waals surface area contributed by atoms with Crippen molar-refractivity contribution in [2.75, 3.05) is 50.5 Å². The van der Waals surface area contributed by atoms with Crippen molar-refractivity contribution in [3.63, 3.8) is 0 Å². The minimum atomic E-state index is -0.873. The molecule has 144 valence electrons. The Morgan fingerprint density at radius 3 is 2.81 bits per heavy atom. The summed E-state index contributed by atoms with van der Waals surface area (Å²) in [7, 11) is 3.81. The van der Waals surface area contributed by atoms with E-state index in [2.05, 4.69) is 32.5 Å². The lowest BCUT2D eigenvalue weighted by Gasteiger charge is -2.34. The summed E-state index contributed by atoms with van der Waals surface area (Å²) in [6.45, 7) is 2.88. The van der Waals surface area contributed by atoms with Gasteiger partial charge in [0, 0.05) is 32.4 Å². The third-order valence-corrected chi connectivity index (χ3v) is 4.99. The largest absolute Gasteiger partial charge is 0.446 e. The van der Waals surface area contributed by atoms with Crippen LogP contribution in [0.2, 0.25) is 0 Å². The first kappa shape index (κ1) is 18.8. The molecule has 2 saturated heterocycles. The van der Waals surface area contributed by atoms with Crippen LogP contribution >= 0.6 is 0 Å². The van der Waals surface area contributed by atoms with Crippen molar-refractivity contribution in [1.29, 1.82) is 0 Å². The Labute approximate surface area is 153 Å². The molecule has 3 rings (SSSR count). The molecule has 0 unspecified atom stereocenters. The highest BCUT2D eigenvalue weighted by atomic mass is 19.1. The summed E-state index contributed by atoms with van der Waals surface area (Å²) in [5, 5.41) is 5.66. The number of hydrogen-bond acceptors (Lipinski definition) is 7. The fraction of sp³-hybridized carbons (Fsp3) is 0.706. The van der Waals surface area contributed by atoms with Gasteiger partial charge in [0.25, 0.3) is 0 Å². The van der Waals surface area contributed by atoms with Gasteiger partial charge in [-0.1, -0.05) is 0 Å². The van der Waals surface area contributed by atoms with Crippen molar-refractivity contribution in [1.82, 2.24) is 20.2 Å². The van der Waals surface area contributed by atoms with E-state index in [1.54, 1.807) is 19.3 Å². The van der Waals surface area contributed by atoms with Crippen LogP contribution in [0.3, 0.4) is 0 Å². The van der Waals surface area contributed by atoms with E-state index < -0.39 is 12.3 Å². The molecule has 26 heavy (non-hydrogen) atoms. The van der Waals surface area contributed by atoms with Gasteiger partial charge in [-0.2, -0.15) is 4.98 Å². The molecule has 8 nitrogen and oxygen atoms in total. The van der Waals surface area contributed by atoms with Gasteiger partial charge in [-0.3, -0.25) is 5.32 Å². The van der Waals surface area contributed by atoms with E-state index in [9.17, 15) is 9.18 Å². The number of ether oxygens (including phenoxy) is 1. The Hall–Kier alpha value is -2.00. The van der Waals surface area contributed by atoms with E-state index in [0.717, 1.165) is 25.9 Å². The number of hydrogen-bond donors (Lipinski definition) is 2. The van der Waals surface area contributed by atoms with E-state index in [1.165, 1.54) is 0 Å². The van der Waals surface area contributed by atoms with Gasteiger partial charge in [-0.15, -0.1) is 0 Å². The van der Waals surface area contributed by atoms with Gasteiger partial charge >= 0.3 is 6.09 Å². The number of likely N-dealkylation sites (N-methyl/N-ethyl adjacent to an activating group) is 1. The van der Waals surface area contributed by atoms with Gasteiger partial charge in [0.15, 0.2) is 0 Å². The number of rotatable bonds is 4. The predicted octanol–water partition coefficient (Wildman–Crippen LogP) is 1.26. The van der Waals surface area contributed by atoms with Crippen molar-refractivity contribution < 1.29 is 13.9 Å². The van der Waals surface area contributed by atoms with Crippen LogP contribution in [0.25, 0.3) is 0 Å². The molecule has 1 aromatic heterocycles. The van der Waals surface area contributed by atoms with Crippen LogP contribution in [0.4, 0.5) is 21.0 Å². The molecule has 2 atom stereocenters. The Bertz CT molecular complexity index is 611. The SMILES string of the molecule is CN[C@H]1CN(c2nccc(NC(=O)OC3CCN(C)CC3)n2)CC[C@H]1F. The van der Waals surface area contributed by atoms with Gasteiger partial charge in [0.1, 0.15) is 18.1 Å². The summed E-state index contributed by atoms with van der Waals surface area (Å²) in [5.41, 5.74) is 0. The second kappa shape index (κ2) is 8.59. The minimum absolute atomic E-state index is 0.0625. The van der Waals surface area contributed by atoms with E-state index in [1.807, 2.05) is 4.90 Å². The van der Waals surface area contributed by atoms with Gasteiger partial charge in [-0.25, -0.2) is 14.2 Å². The normalized spacial score (nSPS) is 25.1. The van der Waals surface area contributed by atoms with Crippen molar-refractivity contribution >= 4 is 17.9 Å². The zero-order chi connectivity index (χ0) is 18.5. The molecule has 9 heteroatoms. The quantitative estimate of drug-likeness (QED) is 0.830. The van der Waals surface area contributed by atoms with Gasteiger partial charge < -0.3 is 19.9 Å². The lowest BCUT2D eigenvalue weighted by molar-refractivity contribution is 0.0661. The topological polar surface area (TPSA) is 82.6 Å². The Kier molecular flexibility index (Phi) is 6.20. The first-order chi connectivity index (χ1) is 12.5. The fourth-order valence-electron chi connectivity index (χ4n) is 3.34. The van der Waals surface area contributed by atoms with E-state index in [0.29, 0.717) is 31.3 Å². The molecule has 0 bridgehead atoms. The molecule has 0 saturated carbocycles. The Balaban J connectivity index is 1.56. The van der Waals surface area contributed by atoms with Gasteiger partial charge in [0.05, 0.1) is 6.04 Å². The minimum Gasteiger partial charge on any atom is -0.446 e. The summed E-state index contributed by atoms with van der Waals surface area (Å²) in [6.07, 6.45) is 2.24. The van der Waals surface area contributed by atoms with Crippen molar-refractivity contribution in [2.24, 2.45) is 0 Å². The van der Waals surface area contributed by atoms with Gasteiger partial charge in [0.2, 0.25) is 5.95 Å². The smallest absolute Gasteiger partial charge is 0.413 e. The highest BCUT2D eigenvalue weighted by Crippen LogP contribution is 2.20. The number of anilines is 2. The molecule has 2 aliphatic rings. The number of amides is 1. The van der Waals surface area contributed by atoms with Crippen molar-refractivity contribution in [2.45, 2.75) is 37.6 Å². The monoisotopic (exact) mass is 366 g/mol. The number of nitrogens with one attached hydrogen (secondary N) is 2. The Morgan fingerprint density at radius 1 is 1.31 bits per heavy atom. The van der Waals surface area contributed by atoms with Crippen LogP contribution in [0.5, 0.6) is 0 Å². The number of nitrogens with zero attached hydrogens (tertiary/aromatic N) is 4. The highest BCUT2D eigenvalue weighted by Gasteiger charge is 2.29. The number of aromatic nitrogens is 2. The maximum Gasteiger partial charge on any atom is 0.413 e. The summed E-state index contributed by atoms with van der Waals surface area (Å²) >= 11 is 0. The summed E-state index contributed by atoms with van der Waals surface area (Å²) < 4.78 is 19.3. The number of piperidine rings is 2. The van der Waals surface area contributed by atoms with E-state index in [4.69, 9.17) is 4.74 Å². The highest BCUT2D eigenvalue weighted by molar-refractivity contribution is 5.83. The maximum atomic E-state index is 13.8. The fourth-order valence-corrected chi connectivity index (χ4v) is 3.34. The van der Waals surface area contributed by atoms with Crippen molar-refractivity contribution in [3.05, 3.63) is 12.3 Å². The molecule has 1 amide bonds. The zero-order valence-corrected chi connectivity index (χ0v) is 15.3. The first-order valence-corrected chi connectivity index (χ1v) is 9.10. The molecule has 0 aromatic carbocycles. The van der Waals surface area contributed by atoms with Crippen LogP contribution in [0, 0.1) is 0 Å². The molecule has 0 spiro atoms. The predicted molar refractivity (Wildman–Crippen MR) is 97.2 cm³/mol. The third-order valence-electron chi connectivity index (χ3n) is 4.99. The number of halogens is 1. The molecule has 1 aromatic rings. The second-order valence-corrected chi connectivity index (χ2v) is 6.92. The molecule has 2 aliphatic heterocycles. The second-order valence-electron chi connectivity index (χ2n) is 6.92. The zero-order valence-electron chi connectivity index (χ0n) is 15.3. The van der Waals surface area contributed by atoms with Crippen LogP contribution in [0.15, 0.2) is 12.3 Å². The van der Waals surface area contributed by atoms with Crippen LogP contribution in [0.1, 0.15) is 19.3 Å². The van der Waals surface area contributed by atoms with Crippen LogP contribution in [-0.2, 0) is 4.74 Å². The first-order valence-electron chi connectivity index (χ1n) is 9.10. The van der Waals surface area contributed by atoms with Crippen LogP contribution in [-0.4, -0.2) is 79.6 Å². The van der Waals surface area contributed by atoms with E-state index in [-0.39, 0.29) is 12.1 Å². The molecule has 2 N–H and O–H groups in total. The van der Waals surface area contributed by atoms with Crippen molar-refractivity contribution in [3.8, 4) is 0 Å². The van der Waals surface area contributed by atoms with Crippen LogP contribution < -0.4 is 15.5 Å². The molecule has 2 fully saturated rings.